The number of nitrogens with zero attached hydrogens (tertiary/aromatic N) is 2. The number of fused-ring (bicyclic) bond motifs is 1. The van der Waals surface area contributed by atoms with Gasteiger partial charge >= 0.3 is 17.9 Å². The highest BCUT2D eigenvalue weighted by Gasteiger charge is 2.65. The number of rotatable bonds is 16. The van der Waals surface area contributed by atoms with Crippen LogP contribution in [0.3, 0.4) is 0 Å². The van der Waals surface area contributed by atoms with Crippen LogP contribution in [0.5, 0.6) is 17.2 Å². The largest absolute Gasteiger partial charge is 0.492 e. The Morgan fingerprint density at radius 2 is 1.42 bits per heavy atom. The van der Waals surface area contributed by atoms with E-state index in [1.54, 1.807) is 12.1 Å². The van der Waals surface area contributed by atoms with Gasteiger partial charge in [-0.15, -0.1) is 0 Å². The zero-order valence-electron chi connectivity index (χ0n) is 37.0. The van der Waals surface area contributed by atoms with E-state index in [9.17, 15) is 24.3 Å². The van der Waals surface area contributed by atoms with Crippen molar-refractivity contribution in [2.24, 2.45) is 0 Å². The molecule has 338 valence electrons. The number of aryl methyl sites for hydroxylation is 1. The molecule has 4 aromatic carbocycles. The van der Waals surface area contributed by atoms with Gasteiger partial charge in [0.05, 0.1) is 12.8 Å². The van der Waals surface area contributed by atoms with Gasteiger partial charge in [-0.25, -0.2) is 4.79 Å². The number of Topliss-reactive ketones (excluding diaryl/α,β-unsaturated/α-hetero) is 1. The first-order chi connectivity index (χ1) is 30.8. The second-order valence-corrected chi connectivity index (χ2v) is 16.3. The Labute approximate surface area is 372 Å². The van der Waals surface area contributed by atoms with Crippen LogP contribution < -0.4 is 14.2 Å². The molecule has 7 rings (SSSR count). The van der Waals surface area contributed by atoms with E-state index in [0.717, 1.165) is 97.9 Å². The lowest BCUT2D eigenvalue weighted by molar-refractivity contribution is -0.306. The molecule has 0 spiro atoms. The summed E-state index contributed by atoms with van der Waals surface area (Å²) in [6.45, 7) is 9.95. The summed E-state index contributed by atoms with van der Waals surface area (Å²) < 4.78 is 42.2. The Kier molecular flexibility index (Phi) is 14.7. The smallest absolute Gasteiger partial charge is 0.339 e. The predicted molar refractivity (Wildman–Crippen MR) is 237 cm³/mol. The van der Waals surface area contributed by atoms with Crippen molar-refractivity contribution < 1.29 is 57.4 Å². The van der Waals surface area contributed by atoms with Crippen LogP contribution in [0.2, 0.25) is 0 Å². The molecule has 5 aromatic rings. The minimum atomic E-state index is -2.72. The topological polar surface area (TPSA) is 161 Å². The Morgan fingerprint density at radius 1 is 0.766 bits per heavy atom. The van der Waals surface area contributed by atoms with Crippen LogP contribution in [0.1, 0.15) is 63.1 Å². The zero-order valence-corrected chi connectivity index (χ0v) is 37.0. The molecule has 0 bridgehead atoms. The van der Waals surface area contributed by atoms with Crippen molar-refractivity contribution in [3.63, 3.8) is 0 Å². The average Bonchev–Trinajstić information content (AvgIpc) is 3.40. The number of hydrogen-bond acceptors (Lipinski definition) is 13. The highest BCUT2D eigenvalue weighted by molar-refractivity contribution is 5.93. The highest BCUT2D eigenvalue weighted by Crippen LogP contribution is 2.39. The number of benzene rings is 4. The predicted octanol–water partition coefficient (Wildman–Crippen LogP) is 6.96. The van der Waals surface area contributed by atoms with Gasteiger partial charge in [-0.05, 0) is 117 Å². The summed E-state index contributed by atoms with van der Waals surface area (Å²) in [5, 5.41) is 13.0. The molecule has 0 saturated carbocycles. The number of ketones is 1. The Hall–Kier alpha value is -6.22. The summed E-state index contributed by atoms with van der Waals surface area (Å²) in [7, 11) is 1.08. The lowest BCUT2D eigenvalue weighted by atomic mass is 9.83. The number of aromatic nitrogens is 1. The summed E-state index contributed by atoms with van der Waals surface area (Å²) in [6.07, 6.45) is -2.19. The number of methoxy groups -OCH3 is 1. The number of carbonyl (C=O) groups is 4. The fraction of sp³-hybridized carbons (Fsp3) is 0.400. The number of aliphatic hydroxyl groups is 1. The van der Waals surface area contributed by atoms with Gasteiger partial charge in [0.25, 0.3) is 0 Å². The first-order valence-electron chi connectivity index (χ1n) is 21.7. The molecular weight excluding hydrogens is 821 g/mol. The van der Waals surface area contributed by atoms with E-state index in [0.29, 0.717) is 19.8 Å². The van der Waals surface area contributed by atoms with Gasteiger partial charge < -0.3 is 42.8 Å². The van der Waals surface area contributed by atoms with E-state index in [1.165, 1.54) is 25.7 Å². The van der Waals surface area contributed by atoms with Crippen molar-refractivity contribution in [1.29, 1.82) is 0 Å². The molecule has 0 radical (unpaired) electrons. The molecule has 2 aliphatic heterocycles. The number of carbonyl (C=O) groups excluding carboxylic acids is 4. The van der Waals surface area contributed by atoms with Crippen molar-refractivity contribution in [3.05, 3.63) is 114 Å². The van der Waals surface area contributed by atoms with Crippen LogP contribution in [0.25, 0.3) is 22.2 Å². The first kappa shape index (κ1) is 45.8. The second kappa shape index (κ2) is 20.5. The SMILES string of the molecule is COC(=O)[C@H]1O[C@@H](Oc2ccc(-c3c(C)c4cc(OCc5ccccc5)ccc4n3Cc3ccc(OCCN4CCCCCC4)cc3)cc2)[C@@](O)(C(C)=O)[C@@H](OC(C)=O)[C@@H]1OC(C)=O. The van der Waals surface area contributed by atoms with E-state index >= 15 is 0 Å². The van der Waals surface area contributed by atoms with Crippen molar-refractivity contribution in [3.8, 4) is 28.5 Å². The van der Waals surface area contributed by atoms with Crippen molar-refractivity contribution in [2.45, 2.75) is 96.7 Å². The maximum absolute atomic E-state index is 13.2. The highest BCUT2D eigenvalue weighted by atomic mass is 16.7. The van der Waals surface area contributed by atoms with Gasteiger partial charge in [0.2, 0.25) is 11.9 Å². The van der Waals surface area contributed by atoms with Crippen molar-refractivity contribution >= 4 is 34.6 Å². The number of ether oxygens (including phenoxy) is 7. The summed E-state index contributed by atoms with van der Waals surface area (Å²) >= 11 is 0. The Bertz CT molecular complexity index is 2410. The molecule has 0 amide bonds. The third-order valence-corrected chi connectivity index (χ3v) is 11.8. The minimum Gasteiger partial charge on any atom is -0.492 e. The second-order valence-electron chi connectivity index (χ2n) is 16.3. The number of esters is 3. The van der Waals surface area contributed by atoms with Crippen LogP contribution >= 0.6 is 0 Å². The van der Waals surface area contributed by atoms with Crippen molar-refractivity contribution in [2.75, 3.05) is 33.4 Å². The summed E-state index contributed by atoms with van der Waals surface area (Å²) in [5.74, 6) is -2.05. The molecule has 1 aromatic heterocycles. The van der Waals surface area contributed by atoms with E-state index in [-0.39, 0.29) is 5.75 Å². The van der Waals surface area contributed by atoms with Crippen LogP contribution in [0, 0.1) is 6.92 Å². The number of likely N-dealkylation sites (tertiary alicyclic amines) is 1. The average molecular weight is 877 g/mol. The molecule has 14 heteroatoms. The lowest BCUT2D eigenvalue weighted by Crippen LogP contribution is -2.73. The molecular formula is C50H56N2O12. The fourth-order valence-corrected chi connectivity index (χ4v) is 8.51. The van der Waals surface area contributed by atoms with Crippen LogP contribution in [-0.2, 0) is 51.3 Å². The van der Waals surface area contributed by atoms with Crippen LogP contribution in [0.15, 0.2) is 97.1 Å². The standard InChI is InChI=1S/C50H56N2O12/c1-32-42-29-41(60-31-37-13-9-8-10-14-37)23-24-43(42)52(30-36-15-19-39(20-16-36)59-28-27-51-25-11-6-7-12-26-51)44(32)38-17-21-40(22-18-38)63-49-50(57,33(2)53)47(62-35(4)55)45(61-34(3)54)46(64-49)48(56)58-5/h8-10,13-24,29,45-47,49,57H,6-7,11-12,25-28,30-31H2,1-5H3/t45-,46+,47+,49-,50-/m1/s1. The third-order valence-electron chi connectivity index (χ3n) is 11.8. The third kappa shape index (κ3) is 10.4. The Balaban J connectivity index is 1.18. The summed E-state index contributed by atoms with van der Waals surface area (Å²) in [6, 6.07) is 31.2. The number of hydrogen-bond donors (Lipinski definition) is 1. The van der Waals surface area contributed by atoms with Gasteiger partial charge in [-0.2, -0.15) is 0 Å². The van der Waals surface area contributed by atoms with Gasteiger partial charge in [-0.1, -0.05) is 55.3 Å². The van der Waals surface area contributed by atoms with E-state index < -0.39 is 53.9 Å². The van der Waals surface area contributed by atoms with Gasteiger partial charge in [-0.3, -0.25) is 19.3 Å². The lowest BCUT2D eigenvalue weighted by Gasteiger charge is -2.47. The monoisotopic (exact) mass is 876 g/mol. The Morgan fingerprint density at radius 3 is 2.06 bits per heavy atom. The molecule has 0 unspecified atom stereocenters. The molecule has 5 atom stereocenters. The van der Waals surface area contributed by atoms with E-state index in [2.05, 4.69) is 40.7 Å². The first-order valence-corrected chi connectivity index (χ1v) is 21.7. The quantitative estimate of drug-likeness (QED) is 0.0801. The molecule has 1 N–H and O–H groups in total. The van der Waals surface area contributed by atoms with E-state index in [1.807, 2.05) is 60.7 Å². The van der Waals surface area contributed by atoms with Crippen LogP contribution in [-0.4, -0.2) is 102 Å². The molecule has 2 saturated heterocycles. The van der Waals surface area contributed by atoms with E-state index in [4.69, 9.17) is 33.2 Å². The maximum Gasteiger partial charge on any atom is 0.339 e. The summed E-state index contributed by atoms with van der Waals surface area (Å²) in [5.41, 5.74) is 3.16. The molecule has 3 heterocycles. The normalized spacial score (nSPS) is 21.3. The fourth-order valence-electron chi connectivity index (χ4n) is 8.51. The molecule has 64 heavy (non-hydrogen) atoms. The van der Waals surface area contributed by atoms with Gasteiger partial charge in [0.1, 0.15) is 30.5 Å². The van der Waals surface area contributed by atoms with Gasteiger partial charge in [0.15, 0.2) is 24.1 Å². The van der Waals surface area contributed by atoms with Crippen LogP contribution in [0.4, 0.5) is 0 Å². The molecule has 2 aliphatic rings. The minimum absolute atomic E-state index is 0.146. The van der Waals surface area contributed by atoms with Crippen molar-refractivity contribution in [1.82, 2.24) is 9.47 Å². The molecule has 0 aliphatic carbocycles. The van der Waals surface area contributed by atoms with Gasteiger partial charge in [0, 0.05) is 37.8 Å². The molecule has 2 fully saturated rings. The summed E-state index contributed by atoms with van der Waals surface area (Å²) in [4.78, 5) is 53.1. The molecule has 14 nitrogen and oxygen atoms in total. The zero-order chi connectivity index (χ0) is 45.4. The maximum atomic E-state index is 13.2.